The molecule has 0 bridgehead atoms. The lowest BCUT2D eigenvalue weighted by molar-refractivity contribution is 0.112. The first-order valence-electron chi connectivity index (χ1n) is 6.65. The molecule has 96 valence electrons. The van der Waals surface area contributed by atoms with Crippen LogP contribution in [0.1, 0.15) is 27.0 Å². The fraction of sp³-hybridized carbons (Fsp3) is 0.235. The summed E-state index contributed by atoms with van der Waals surface area (Å²) in [5, 5.41) is 0. The molecule has 0 unspecified atom stereocenters. The van der Waals surface area contributed by atoms with Crippen molar-refractivity contribution in [2.45, 2.75) is 19.9 Å². The third-order valence-corrected chi connectivity index (χ3v) is 3.78. The van der Waals surface area contributed by atoms with Crippen molar-refractivity contribution >= 4 is 12.0 Å². The quantitative estimate of drug-likeness (QED) is 0.763. The van der Waals surface area contributed by atoms with E-state index >= 15 is 0 Å². The van der Waals surface area contributed by atoms with Crippen molar-refractivity contribution in [2.24, 2.45) is 0 Å². The summed E-state index contributed by atoms with van der Waals surface area (Å²) in [6.45, 7) is 3.88. The maximum atomic E-state index is 11.2. The van der Waals surface area contributed by atoms with Gasteiger partial charge in [0.1, 0.15) is 0 Å². The molecule has 19 heavy (non-hydrogen) atoms. The molecule has 3 rings (SSSR count). The van der Waals surface area contributed by atoms with E-state index in [0.717, 1.165) is 42.6 Å². The predicted octanol–water partition coefficient (Wildman–Crippen LogP) is 3.37. The van der Waals surface area contributed by atoms with E-state index in [1.54, 1.807) is 0 Å². The third kappa shape index (κ3) is 2.26. The number of benzene rings is 2. The Morgan fingerprint density at radius 1 is 1.11 bits per heavy atom. The molecule has 0 atom stereocenters. The first-order chi connectivity index (χ1) is 9.28. The van der Waals surface area contributed by atoms with Crippen LogP contribution < -0.4 is 4.90 Å². The zero-order chi connectivity index (χ0) is 13.2. The molecule has 0 saturated heterocycles. The number of anilines is 1. The summed E-state index contributed by atoms with van der Waals surface area (Å²) >= 11 is 0. The van der Waals surface area contributed by atoms with Crippen LogP contribution in [-0.2, 0) is 13.0 Å². The monoisotopic (exact) mass is 251 g/mol. The molecule has 1 aliphatic heterocycles. The normalized spacial score (nSPS) is 14.1. The fourth-order valence-corrected chi connectivity index (χ4v) is 2.76. The number of fused-ring (bicyclic) bond motifs is 1. The molecule has 0 saturated carbocycles. The molecule has 1 aliphatic rings. The summed E-state index contributed by atoms with van der Waals surface area (Å²) < 4.78 is 0. The minimum absolute atomic E-state index is 0.791. The Morgan fingerprint density at radius 3 is 2.68 bits per heavy atom. The number of carbonyl (C=O) groups is 1. The number of hydrogen-bond donors (Lipinski definition) is 0. The van der Waals surface area contributed by atoms with E-state index in [4.69, 9.17) is 0 Å². The van der Waals surface area contributed by atoms with Crippen LogP contribution in [0.2, 0.25) is 0 Å². The van der Waals surface area contributed by atoms with E-state index in [9.17, 15) is 4.79 Å². The van der Waals surface area contributed by atoms with Crippen molar-refractivity contribution in [3.05, 3.63) is 64.7 Å². The van der Waals surface area contributed by atoms with Crippen molar-refractivity contribution in [3.8, 4) is 0 Å². The summed E-state index contributed by atoms with van der Waals surface area (Å²) in [6.07, 6.45) is 2.01. The Morgan fingerprint density at radius 2 is 1.89 bits per heavy atom. The number of rotatable bonds is 2. The van der Waals surface area contributed by atoms with Crippen LogP contribution in [-0.4, -0.2) is 12.8 Å². The summed E-state index contributed by atoms with van der Waals surface area (Å²) in [6, 6.07) is 14.6. The Hall–Kier alpha value is -2.09. The highest BCUT2D eigenvalue weighted by Gasteiger charge is 2.18. The van der Waals surface area contributed by atoms with Gasteiger partial charge >= 0.3 is 0 Å². The Balaban J connectivity index is 1.95. The van der Waals surface area contributed by atoms with Gasteiger partial charge in [0.25, 0.3) is 0 Å². The molecule has 2 aromatic rings. The molecule has 0 radical (unpaired) electrons. The zero-order valence-electron chi connectivity index (χ0n) is 11.1. The molecule has 2 nitrogen and oxygen atoms in total. The van der Waals surface area contributed by atoms with Gasteiger partial charge in [-0.05, 0) is 36.6 Å². The topological polar surface area (TPSA) is 20.3 Å². The molecule has 0 N–H and O–H groups in total. The lowest BCUT2D eigenvalue weighted by Gasteiger charge is -2.31. The number of hydrogen-bond acceptors (Lipinski definition) is 2. The standard InChI is InChI=1S/C17H17NO/c1-13-6-7-17(16(10-13)12-19)18-9-8-14-4-2-3-5-15(14)11-18/h2-7,10,12H,8-9,11H2,1H3. The number of nitrogens with zero attached hydrogens (tertiary/aromatic N) is 1. The first-order valence-corrected chi connectivity index (χ1v) is 6.65. The van der Waals surface area contributed by atoms with E-state index in [1.165, 1.54) is 11.1 Å². The Bertz CT molecular complexity index is 618. The second-order valence-corrected chi connectivity index (χ2v) is 5.12. The molecule has 0 aromatic heterocycles. The number of aryl methyl sites for hydroxylation is 1. The van der Waals surface area contributed by atoms with Gasteiger partial charge in [0, 0.05) is 24.3 Å². The summed E-state index contributed by atoms with van der Waals surface area (Å²) in [5.41, 5.74) is 5.77. The van der Waals surface area contributed by atoms with Crippen LogP contribution in [0.25, 0.3) is 0 Å². The van der Waals surface area contributed by atoms with Crippen molar-refractivity contribution < 1.29 is 4.79 Å². The van der Waals surface area contributed by atoms with Crippen LogP contribution in [0.5, 0.6) is 0 Å². The Kier molecular flexibility index (Phi) is 3.08. The zero-order valence-corrected chi connectivity index (χ0v) is 11.1. The van der Waals surface area contributed by atoms with Gasteiger partial charge in [-0.2, -0.15) is 0 Å². The van der Waals surface area contributed by atoms with Gasteiger partial charge in [-0.3, -0.25) is 4.79 Å². The largest absolute Gasteiger partial charge is 0.366 e. The van der Waals surface area contributed by atoms with Gasteiger partial charge < -0.3 is 4.90 Å². The Labute approximate surface area is 113 Å². The van der Waals surface area contributed by atoms with E-state index in [1.807, 2.05) is 13.0 Å². The smallest absolute Gasteiger partial charge is 0.152 e. The predicted molar refractivity (Wildman–Crippen MR) is 77.8 cm³/mol. The second kappa shape index (κ2) is 4.88. The maximum Gasteiger partial charge on any atom is 0.152 e. The highest BCUT2D eigenvalue weighted by Crippen LogP contribution is 2.27. The lowest BCUT2D eigenvalue weighted by atomic mass is 9.98. The van der Waals surface area contributed by atoms with E-state index < -0.39 is 0 Å². The van der Waals surface area contributed by atoms with Crippen molar-refractivity contribution in [2.75, 3.05) is 11.4 Å². The summed E-state index contributed by atoms with van der Waals surface area (Å²) in [7, 11) is 0. The molecule has 0 aliphatic carbocycles. The van der Waals surface area contributed by atoms with Crippen LogP contribution in [0.3, 0.4) is 0 Å². The van der Waals surface area contributed by atoms with E-state index in [2.05, 4.69) is 41.3 Å². The van der Waals surface area contributed by atoms with E-state index in [-0.39, 0.29) is 0 Å². The van der Waals surface area contributed by atoms with Crippen LogP contribution in [0, 0.1) is 6.92 Å². The average molecular weight is 251 g/mol. The minimum atomic E-state index is 0.791. The molecule has 0 spiro atoms. The molecule has 0 fully saturated rings. The highest BCUT2D eigenvalue weighted by molar-refractivity contribution is 5.85. The van der Waals surface area contributed by atoms with Crippen LogP contribution in [0.4, 0.5) is 5.69 Å². The van der Waals surface area contributed by atoms with Crippen molar-refractivity contribution in [3.63, 3.8) is 0 Å². The molecule has 1 heterocycles. The van der Waals surface area contributed by atoms with Crippen LogP contribution >= 0.6 is 0 Å². The fourth-order valence-electron chi connectivity index (χ4n) is 2.76. The van der Waals surface area contributed by atoms with Gasteiger partial charge in [-0.25, -0.2) is 0 Å². The molecule has 2 heteroatoms. The third-order valence-electron chi connectivity index (χ3n) is 3.78. The maximum absolute atomic E-state index is 11.2. The lowest BCUT2D eigenvalue weighted by Crippen LogP contribution is -2.31. The number of aldehydes is 1. The molecular formula is C17H17NO. The minimum Gasteiger partial charge on any atom is -0.366 e. The van der Waals surface area contributed by atoms with Gasteiger partial charge in [-0.15, -0.1) is 0 Å². The highest BCUT2D eigenvalue weighted by atomic mass is 16.1. The van der Waals surface area contributed by atoms with Crippen molar-refractivity contribution in [1.29, 1.82) is 0 Å². The first kappa shape index (κ1) is 12.0. The van der Waals surface area contributed by atoms with Gasteiger partial charge in [0.2, 0.25) is 0 Å². The number of carbonyl (C=O) groups excluding carboxylic acids is 1. The van der Waals surface area contributed by atoms with Crippen molar-refractivity contribution in [1.82, 2.24) is 0 Å². The van der Waals surface area contributed by atoms with Gasteiger partial charge in [-0.1, -0.05) is 35.9 Å². The summed E-state index contributed by atoms with van der Waals surface area (Å²) in [5.74, 6) is 0. The molecular weight excluding hydrogens is 234 g/mol. The van der Waals surface area contributed by atoms with E-state index in [0.29, 0.717) is 0 Å². The van der Waals surface area contributed by atoms with Crippen LogP contribution in [0.15, 0.2) is 42.5 Å². The molecule has 2 aromatic carbocycles. The summed E-state index contributed by atoms with van der Waals surface area (Å²) in [4.78, 5) is 13.5. The SMILES string of the molecule is Cc1ccc(N2CCc3ccccc3C2)c(C=O)c1. The van der Waals surface area contributed by atoms with Gasteiger partial charge in [0.15, 0.2) is 6.29 Å². The molecule has 0 amide bonds. The van der Waals surface area contributed by atoms with Gasteiger partial charge in [0.05, 0.1) is 0 Å². The average Bonchev–Trinajstić information content (AvgIpc) is 2.46. The second-order valence-electron chi connectivity index (χ2n) is 5.12.